The molecule has 1 unspecified atom stereocenters. The van der Waals surface area contributed by atoms with E-state index in [0.29, 0.717) is 11.3 Å². The number of hydrogen-bond donors (Lipinski definition) is 2. The number of para-hydroxylation sites is 1. The van der Waals surface area contributed by atoms with Crippen LogP contribution in [0.15, 0.2) is 54.7 Å². The van der Waals surface area contributed by atoms with Gasteiger partial charge in [0.25, 0.3) is 0 Å². The number of aliphatic hydroxyl groups excluding tert-OH is 1. The number of ether oxygens (including phenoxy) is 1. The lowest BCUT2D eigenvalue weighted by molar-refractivity contribution is -0.111. The van der Waals surface area contributed by atoms with Gasteiger partial charge in [0.05, 0.1) is 24.9 Å². The van der Waals surface area contributed by atoms with Gasteiger partial charge in [-0.25, -0.2) is 4.68 Å². The molecule has 0 spiro atoms. The Bertz CT molecular complexity index is 973. The van der Waals surface area contributed by atoms with Crippen LogP contribution in [0.4, 0.5) is 5.69 Å². The Labute approximate surface area is 150 Å². The summed E-state index contributed by atoms with van der Waals surface area (Å²) in [6.45, 7) is 0.644. The lowest BCUT2D eigenvalue weighted by Crippen LogP contribution is -2.25. The van der Waals surface area contributed by atoms with Gasteiger partial charge in [-0.2, -0.15) is 5.10 Å². The minimum absolute atomic E-state index is 0.00464. The zero-order valence-electron chi connectivity index (χ0n) is 14.1. The van der Waals surface area contributed by atoms with Crippen LogP contribution in [0.2, 0.25) is 0 Å². The Morgan fingerprint density at radius 1 is 1.35 bits per heavy atom. The van der Waals surface area contributed by atoms with E-state index in [-0.39, 0.29) is 18.7 Å². The van der Waals surface area contributed by atoms with Gasteiger partial charge in [-0.15, -0.1) is 0 Å². The fraction of sp³-hybridized carbons (Fsp3) is 0.200. The minimum atomic E-state index is -0.248. The molecule has 0 saturated carbocycles. The smallest absolute Gasteiger partial charge is 0.248 e. The van der Waals surface area contributed by atoms with Crippen molar-refractivity contribution in [1.29, 1.82) is 0 Å². The van der Waals surface area contributed by atoms with Gasteiger partial charge in [0.2, 0.25) is 5.91 Å². The molecule has 132 valence electrons. The second-order valence-electron chi connectivity index (χ2n) is 6.16. The number of carbonyl (C=O) groups excluding carboxylic acids is 1. The lowest BCUT2D eigenvalue weighted by Gasteiger charge is -2.27. The van der Waals surface area contributed by atoms with Crippen molar-refractivity contribution >= 4 is 28.6 Å². The fourth-order valence-electron chi connectivity index (χ4n) is 2.93. The number of aliphatic hydroxyl groups is 1. The molecule has 1 atom stereocenters. The minimum Gasteiger partial charge on any atom is -0.392 e. The number of carbonyl (C=O) groups is 1. The number of amides is 1. The van der Waals surface area contributed by atoms with Crippen LogP contribution >= 0.6 is 0 Å². The van der Waals surface area contributed by atoms with Gasteiger partial charge in [0.1, 0.15) is 0 Å². The van der Waals surface area contributed by atoms with Gasteiger partial charge in [0.15, 0.2) is 6.23 Å². The van der Waals surface area contributed by atoms with E-state index in [1.165, 1.54) is 6.08 Å². The number of fused-ring (bicyclic) bond motifs is 1. The van der Waals surface area contributed by atoms with Crippen molar-refractivity contribution in [2.24, 2.45) is 0 Å². The Hall–Kier alpha value is -2.96. The summed E-state index contributed by atoms with van der Waals surface area (Å²) in [5.41, 5.74) is 3.19. The van der Waals surface area contributed by atoms with Gasteiger partial charge in [-0.3, -0.25) is 4.79 Å². The van der Waals surface area contributed by atoms with E-state index < -0.39 is 0 Å². The van der Waals surface area contributed by atoms with Gasteiger partial charge < -0.3 is 15.2 Å². The lowest BCUT2D eigenvalue weighted by atomic mass is 10.1. The van der Waals surface area contributed by atoms with Crippen LogP contribution in [0.3, 0.4) is 0 Å². The first-order valence-electron chi connectivity index (χ1n) is 8.51. The molecule has 6 nitrogen and oxygen atoms in total. The van der Waals surface area contributed by atoms with Gasteiger partial charge in [-0.1, -0.05) is 30.3 Å². The van der Waals surface area contributed by atoms with Crippen molar-refractivity contribution in [3.05, 3.63) is 65.9 Å². The Kier molecular flexibility index (Phi) is 4.51. The Morgan fingerprint density at radius 3 is 2.96 bits per heavy atom. The first-order chi connectivity index (χ1) is 12.7. The fourth-order valence-corrected chi connectivity index (χ4v) is 2.93. The highest BCUT2D eigenvalue weighted by Gasteiger charge is 2.22. The third-order valence-electron chi connectivity index (χ3n) is 4.44. The van der Waals surface area contributed by atoms with E-state index in [1.807, 2.05) is 41.2 Å². The Morgan fingerprint density at radius 2 is 2.19 bits per heavy atom. The van der Waals surface area contributed by atoms with Crippen LogP contribution in [0.1, 0.15) is 23.8 Å². The van der Waals surface area contributed by atoms with Crippen molar-refractivity contribution in [1.82, 2.24) is 9.78 Å². The molecule has 0 bridgehead atoms. The van der Waals surface area contributed by atoms with Crippen LogP contribution in [0, 0.1) is 0 Å². The van der Waals surface area contributed by atoms with Crippen molar-refractivity contribution in [3.63, 3.8) is 0 Å². The molecule has 6 heteroatoms. The van der Waals surface area contributed by atoms with Gasteiger partial charge in [0, 0.05) is 29.1 Å². The maximum absolute atomic E-state index is 12.2. The molecule has 0 radical (unpaired) electrons. The average Bonchev–Trinajstić information content (AvgIpc) is 3.02. The summed E-state index contributed by atoms with van der Waals surface area (Å²) in [6, 6.07) is 13.1. The standard InChI is InChI=1S/C20H19N3O3/c24-13-16-3-1-2-4-17(16)22-19(25)8-6-14-5-7-15-12-21-23(18(15)11-14)20-9-10-26-20/h1-8,11-12,20,24H,9-10,13H2,(H,22,25)/b8-6+. The van der Waals surface area contributed by atoms with E-state index in [9.17, 15) is 9.90 Å². The molecule has 1 saturated heterocycles. The first-order valence-corrected chi connectivity index (χ1v) is 8.51. The maximum atomic E-state index is 12.2. The van der Waals surface area contributed by atoms with Crippen LogP contribution in [-0.2, 0) is 16.1 Å². The average molecular weight is 349 g/mol. The van der Waals surface area contributed by atoms with E-state index in [0.717, 1.165) is 29.5 Å². The number of benzene rings is 2. The highest BCUT2D eigenvalue weighted by molar-refractivity contribution is 6.02. The number of rotatable bonds is 5. The second kappa shape index (κ2) is 7.11. The topological polar surface area (TPSA) is 76.4 Å². The number of nitrogens with one attached hydrogen (secondary N) is 1. The van der Waals surface area contributed by atoms with Crippen LogP contribution < -0.4 is 5.32 Å². The van der Waals surface area contributed by atoms with E-state index in [4.69, 9.17) is 4.74 Å². The third kappa shape index (κ3) is 3.24. The van der Waals surface area contributed by atoms with Gasteiger partial charge >= 0.3 is 0 Å². The number of aromatic nitrogens is 2. The SMILES string of the molecule is O=C(/C=C/c1ccc2cnn(C3CCO3)c2c1)Nc1ccccc1CO. The van der Waals surface area contributed by atoms with Crippen molar-refractivity contribution in [3.8, 4) is 0 Å². The zero-order valence-corrected chi connectivity index (χ0v) is 14.1. The molecule has 1 aliphatic rings. The number of anilines is 1. The predicted octanol–water partition coefficient (Wildman–Crippen LogP) is 3.10. The second-order valence-corrected chi connectivity index (χ2v) is 6.16. The van der Waals surface area contributed by atoms with Crippen LogP contribution in [-0.4, -0.2) is 27.4 Å². The van der Waals surface area contributed by atoms with Crippen LogP contribution in [0.25, 0.3) is 17.0 Å². The number of hydrogen-bond acceptors (Lipinski definition) is 4. The molecule has 2 N–H and O–H groups in total. The molecule has 2 aromatic carbocycles. The highest BCUT2D eigenvalue weighted by atomic mass is 16.5. The van der Waals surface area contributed by atoms with Crippen molar-refractivity contribution in [2.45, 2.75) is 19.3 Å². The van der Waals surface area contributed by atoms with Crippen molar-refractivity contribution in [2.75, 3.05) is 11.9 Å². The van der Waals surface area contributed by atoms with E-state index in [1.54, 1.807) is 18.2 Å². The molecular formula is C20H19N3O3. The van der Waals surface area contributed by atoms with Crippen LogP contribution in [0.5, 0.6) is 0 Å². The molecule has 1 aromatic heterocycles. The molecule has 2 heterocycles. The summed E-state index contributed by atoms with van der Waals surface area (Å²) in [7, 11) is 0. The summed E-state index contributed by atoms with van der Waals surface area (Å²) in [5, 5.41) is 17.5. The molecular weight excluding hydrogens is 330 g/mol. The molecule has 0 aliphatic carbocycles. The maximum Gasteiger partial charge on any atom is 0.248 e. The summed E-state index contributed by atoms with van der Waals surface area (Å²) in [5.74, 6) is -0.248. The normalized spacial score (nSPS) is 16.7. The molecule has 26 heavy (non-hydrogen) atoms. The monoisotopic (exact) mass is 349 g/mol. The Balaban J connectivity index is 1.51. The molecule has 3 aromatic rings. The quantitative estimate of drug-likeness (QED) is 0.694. The summed E-state index contributed by atoms with van der Waals surface area (Å²) >= 11 is 0. The van der Waals surface area contributed by atoms with Gasteiger partial charge in [-0.05, 0) is 23.8 Å². The van der Waals surface area contributed by atoms with E-state index >= 15 is 0 Å². The zero-order chi connectivity index (χ0) is 17.9. The predicted molar refractivity (Wildman–Crippen MR) is 99.4 cm³/mol. The summed E-state index contributed by atoms with van der Waals surface area (Å²) in [4.78, 5) is 12.2. The molecule has 4 rings (SSSR count). The summed E-state index contributed by atoms with van der Waals surface area (Å²) < 4.78 is 7.39. The highest BCUT2D eigenvalue weighted by Crippen LogP contribution is 2.27. The third-order valence-corrected chi connectivity index (χ3v) is 4.44. The largest absolute Gasteiger partial charge is 0.392 e. The molecule has 1 amide bonds. The molecule has 1 aliphatic heterocycles. The first kappa shape index (κ1) is 16.5. The summed E-state index contributed by atoms with van der Waals surface area (Å²) in [6.07, 6.45) is 6.03. The molecule has 1 fully saturated rings. The number of nitrogens with zero attached hydrogens (tertiary/aromatic N) is 2. The van der Waals surface area contributed by atoms with E-state index in [2.05, 4.69) is 10.4 Å². The van der Waals surface area contributed by atoms with Crippen molar-refractivity contribution < 1.29 is 14.6 Å².